The Morgan fingerprint density at radius 3 is 2.44 bits per heavy atom. The van der Waals surface area contributed by atoms with E-state index in [2.05, 4.69) is 5.32 Å². The number of carbonyl (C=O) groups excluding carboxylic acids is 3. The van der Waals surface area contributed by atoms with Gasteiger partial charge in [0.2, 0.25) is 5.91 Å². The predicted octanol–water partition coefficient (Wildman–Crippen LogP) is 2.77. The molecule has 7 heteroatoms. The zero-order chi connectivity index (χ0) is 19.6. The molecule has 6 nitrogen and oxygen atoms in total. The van der Waals surface area contributed by atoms with Gasteiger partial charge in [0.25, 0.3) is 5.91 Å². The smallest absolute Gasteiger partial charge is 0.325 e. The first kappa shape index (κ1) is 19.3. The van der Waals surface area contributed by atoms with Crippen LogP contribution in [0.4, 0.5) is 9.18 Å². The first-order chi connectivity index (χ1) is 12.9. The number of nitrogens with one attached hydrogen (secondary N) is 1. The summed E-state index contributed by atoms with van der Waals surface area (Å²) in [7, 11) is 1.74. The Hall–Kier alpha value is -2.44. The van der Waals surface area contributed by atoms with E-state index in [9.17, 15) is 18.8 Å². The standard InChI is InChI=1S/C20H26FN3O3/c1-3-20(14-9-11-15(21)12-10-14)18(26)24(19(27)22-20)13-17(25)23(2)16-7-5-4-6-8-16/h9-12,16H,3-8,13H2,1-2H3,(H,22,27)/t20-/m0/s1. The van der Waals surface area contributed by atoms with Crippen molar-refractivity contribution in [3.8, 4) is 0 Å². The van der Waals surface area contributed by atoms with Crippen molar-refractivity contribution in [1.29, 1.82) is 0 Å². The van der Waals surface area contributed by atoms with Gasteiger partial charge in [0.15, 0.2) is 0 Å². The molecule has 1 atom stereocenters. The maximum absolute atomic E-state index is 13.3. The third-order valence-electron chi connectivity index (χ3n) is 5.85. The summed E-state index contributed by atoms with van der Waals surface area (Å²) in [6.07, 6.45) is 5.59. The third-order valence-corrected chi connectivity index (χ3v) is 5.85. The topological polar surface area (TPSA) is 69.7 Å². The lowest BCUT2D eigenvalue weighted by atomic mass is 9.87. The maximum Gasteiger partial charge on any atom is 0.325 e. The lowest BCUT2D eigenvalue weighted by Gasteiger charge is -2.32. The molecule has 3 rings (SSSR count). The Morgan fingerprint density at radius 2 is 1.85 bits per heavy atom. The van der Waals surface area contributed by atoms with Crippen LogP contribution in [-0.2, 0) is 15.1 Å². The zero-order valence-electron chi connectivity index (χ0n) is 15.8. The average molecular weight is 375 g/mol. The maximum atomic E-state index is 13.3. The van der Waals surface area contributed by atoms with Gasteiger partial charge in [-0.3, -0.25) is 14.5 Å². The number of halogens is 1. The van der Waals surface area contributed by atoms with E-state index in [1.165, 1.54) is 30.7 Å². The van der Waals surface area contributed by atoms with Gasteiger partial charge in [-0.2, -0.15) is 0 Å². The summed E-state index contributed by atoms with van der Waals surface area (Å²) in [6.45, 7) is 1.50. The van der Waals surface area contributed by atoms with Crippen LogP contribution in [0, 0.1) is 5.82 Å². The predicted molar refractivity (Wildman–Crippen MR) is 98.3 cm³/mol. The summed E-state index contributed by atoms with van der Waals surface area (Å²) in [6, 6.07) is 5.09. The molecule has 2 aliphatic rings. The Morgan fingerprint density at radius 1 is 1.22 bits per heavy atom. The van der Waals surface area contributed by atoms with Gasteiger partial charge >= 0.3 is 6.03 Å². The van der Waals surface area contributed by atoms with E-state index in [0.29, 0.717) is 12.0 Å². The number of rotatable bonds is 5. The molecule has 27 heavy (non-hydrogen) atoms. The van der Waals surface area contributed by atoms with Gasteiger partial charge in [0.05, 0.1) is 0 Å². The van der Waals surface area contributed by atoms with Gasteiger partial charge in [-0.05, 0) is 37.0 Å². The molecule has 1 saturated heterocycles. The van der Waals surface area contributed by atoms with Gasteiger partial charge in [-0.15, -0.1) is 0 Å². The summed E-state index contributed by atoms with van der Waals surface area (Å²) < 4.78 is 13.3. The molecule has 0 unspecified atom stereocenters. The lowest BCUT2D eigenvalue weighted by molar-refractivity contribution is -0.140. The quantitative estimate of drug-likeness (QED) is 0.805. The molecular formula is C20H26FN3O3. The minimum atomic E-state index is -1.26. The van der Waals surface area contributed by atoms with Gasteiger partial charge in [-0.25, -0.2) is 9.18 Å². The summed E-state index contributed by atoms with van der Waals surface area (Å²) >= 11 is 0. The Balaban J connectivity index is 1.76. The minimum absolute atomic E-state index is 0.167. The molecule has 1 aliphatic carbocycles. The monoisotopic (exact) mass is 375 g/mol. The number of imide groups is 1. The van der Waals surface area contributed by atoms with Crippen LogP contribution in [0.25, 0.3) is 0 Å². The number of carbonyl (C=O) groups is 3. The number of urea groups is 1. The molecule has 146 valence electrons. The highest BCUT2D eigenvalue weighted by Crippen LogP contribution is 2.32. The van der Waals surface area contributed by atoms with Gasteiger partial charge in [0, 0.05) is 13.1 Å². The number of benzene rings is 1. The Labute approximate surface area is 158 Å². The van der Waals surface area contributed by atoms with Crippen molar-refractivity contribution in [2.75, 3.05) is 13.6 Å². The van der Waals surface area contributed by atoms with E-state index in [1.807, 2.05) is 0 Å². The van der Waals surface area contributed by atoms with E-state index in [4.69, 9.17) is 0 Å². The number of amides is 4. The number of hydrogen-bond donors (Lipinski definition) is 1. The Bertz CT molecular complexity index is 730. The van der Waals surface area contributed by atoms with Crippen LogP contribution in [0.2, 0.25) is 0 Å². The molecule has 2 fully saturated rings. The van der Waals surface area contributed by atoms with Crippen LogP contribution < -0.4 is 5.32 Å². The normalized spacial score (nSPS) is 23.4. The molecule has 1 saturated carbocycles. The molecule has 0 spiro atoms. The van der Waals surface area contributed by atoms with Crippen LogP contribution >= 0.6 is 0 Å². The summed E-state index contributed by atoms with van der Waals surface area (Å²) in [4.78, 5) is 40.9. The van der Waals surface area contributed by atoms with Gasteiger partial charge in [-0.1, -0.05) is 38.3 Å². The molecule has 0 radical (unpaired) electrons. The highest BCUT2D eigenvalue weighted by Gasteiger charge is 2.51. The van der Waals surface area contributed by atoms with E-state index in [1.54, 1.807) is 18.9 Å². The van der Waals surface area contributed by atoms with Crippen molar-refractivity contribution >= 4 is 17.8 Å². The van der Waals surface area contributed by atoms with Gasteiger partial charge in [0.1, 0.15) is 17.9 Å². The first-order valence-electron chi connectivity index (χ1n) is 9.55. The fourth-order valence-corrected chi connectivity index (χ4v) is 4.06. The van der Waals surface area contributed by atoms with E-state index >= 15 is 0 Å². The second-order valence-corrected chi connectivity index (χ2v) is 7.38. The molecular weight excluding hydrogens is 349 g/mol. The molecule has 1 aromatic rings. The summed E-state index contributed by atoms with van der Waals surface area (Å²) in [5.41, 5.74) is -0.741. The van der Waals surface area contributed by atoms with Crippen LogP contribution in [0.1, 0.15) is 51.0 Å². The molecule has 1 aliphatic heterocycles. The second-order valence-electron chi connectivity index (χ2n) is 7.38. The molecule has 0 aromatic heterocycles. The molecule has 1 N–H and O–H groups in total. The minimum Gasteiger partial charge on any atom is -0.341 e. The second kappa shape index (κ2) is 7.66. The lowest BCUT2D eigenvalue weighted by Crippen LogP contribution is -2.47. The SMILES string of the molecule is CC[C@@]1(c2ccc(F)cc2)NC(=O)N(CC(=O)N(C)C2CCCCC2)C1=O. The highest BCUT2D eigenvalue weighted by atomic mass is 19.1. The average Bonchev–Trinajstić information content (AvgIpc) is 2.93. The van der Waals surface area contributed by atoms with Gasteiger partial charge < -0.3 is 10.2 Å². The van der Waals surface area contributed by atoms with E-state index in [-0.39, 0.29) is 18.5 Å². The van der Waals surface area contributed by atoms with Crippen molar-refractivity contribution in [2.24, 2.45) is 0 Å². The fourth-order valence-electron chi connectivity index (χ4n) is 4.06. The fraction of sp³-hybridized carbons (Fsp3) is 0.550. The number of nitrogens with zero attached hydrogens (tertiary/aromatic N) is 2. The van der Waals surface area contributed by atoms with Crippen LogP contribution in [0.3, 0.4) is 0 Å². The zero-order valence-corrected chi connectivity index (χ0v) is 15.8. The van der Waals surface area contributed by atoms with Crippen LogP contribution in [-0.4, -0.2) is 47.3 Å². The third kappa shape index (κ3) is 3.55. The molecule has 4 amide bonds. The number of hydrogen-bond acceptors (Lipinski definition) is 3. The highest BCUT2D eigenvalue weighted by molar-refractivity contribution is 6.09. The Kier molecular flexibility index (Phi) is 5.48. The van der Waals surface area contributed by atoms with Crippen molar-refractivity contribution < 1.29 is 18.8 Å². The van der Waals surface area contributed by atoms with Crippen LogP contribution in [0.15, 0.2) is 24.3 Å². The van der Waals surface area contributed by atoms with E-state index in [0.717, 1.165) is 30.6 Å². The van der Waals surface area contributed by atoms with Crippen molar-refractivity contribution in [1.82, 2.24) is 15.1 Å². The number of likely N-dealkylation sites (N-methyl/N-ethyl adjacent to an activating group) is 1. The summed E-state index contributed by atoms with van der Waals surface area (Å²) in [5.74, 6) is -1.12. The molecule has 1 heterocycles. The molecule has 0 bridgehead atoms. The largest absolute Gasteiger partial charge is 0.341 e. The van der Waals surface area contributed by atoms with Crippen LogP contribution in [0.5, 0.6) is 0 Å². The van der Waals surface area contributed by atoms with Crippen molar-refractivity contribution in [3.63, 3.8) is 0 Å². The van der Waals surface area contributed by atoms with Crippen molar-refractivity contribution in [3.05, 3.63) is 35.6 Å². The van der Waals surface area contributed by atoms with Crippen molar-refractivity contribution in [2.45, 2.75) is 57.0 Å². The first-order valence-corrected chi connectivity index (χ1v) is 9.55. The van der Waals surface area contributed by atoms with E-state index < -0.39 is 23.3 Å². The summed E-state index contributed by atoms with van der Waals surface area (Å²) in [5, 5.41) is 2.72. The molecule has 1 aromatic carbocycles.